The Hall–Kier alpha value is -2.05. The van der Waals surface area contributed by atoms with Crippen LogP contribution in [-0.2, 0) is 20.9 Å². The summed E-state index contributed by atoms with van der Waals surface area (Å²) in [4.78, 5) is 25.1. The van der Waals surface area contributed by atoms with Crippen LogP contribution in [0.5, 0.6) is 0 Å². The number of ether oxygens (including phenoxy) is 1. The predicted octanol–water partition coefficient (Wildman–Crippen LogP) is 1.61. The number of carboxylic acid groups (broad SMARTS) is 1. The molecule has 0 bridgehead atoms. The van der Waals surface area contributed by atoms with Crippen LogP contribution in [0.2, 0.25) is 5.02 Å². The number of carbonyl (C=O) groups is 2. The quantitative estimate of drug-likeness (QED) is 0.932. The Labute approximate surface area is 131 Å². The minimum Gasteiger partial charge on any atom is -0.480 e. The van der Waals surface area contributed by atoms with Crippen LogP contribution in [0.1, 0.15) is 0 Å². The van der Waals surface area contributed by atoms with Crippen molar-refractivity contribution < 1.29 is 19.4 Å². The molecule has 6 nitrogen and oxygen atoms in total. The van der Waals surface area contributed by atoms with Gasteiger partial charge in [0.2, 0.25) is 5.91 Å². The van der Waals surface area contributed by atoms with E-state index in [1.54, 1.807) is 22.9 Å². The molecule has 0 spiro atoms. The lowest BCUT2D eigenvalue weighted by Crippen LogP contribution is -2.53. The Morgan fingerprint density at radius 3 is 2.95 bits per heavy atom. The number of rotatable bonds is 3. The van der Waals surface area contributed by atoms with Gasteiger partial charge in [0.15, 0.2) is 6.04 Å². The Morgan fingerprint density at radius 2 is 2.18 bits per heavy atom. The van der Waals surface area contributed by atoms with E-state index in [-0.39, 0.29) is 25.6 Å². The third-order valence-electron chi connectivity index (χ3n) is 3.78. The van der Waals surface area contributed by atoms with E-state index in [0.717, 1.165) is 10.9 Å². The molecule has 3 rings (SSSR count). The van der Waals surface area contributed by atoms with Crippen molar-refractivity contribution in [1.29, 1.82) is 0 Å². The van der Waals surface area contributed by atoms with Gasteiger partial charge in [0.1, 0.15) is 6.54 Å². The summed E-state index contributed by atoms with van der Waals surface area (Å²) in [5, 5.41) is 10.8. The van der Waals surface area contributed by atoms with Gasteiger partial charge in [-0.3, -0.25) is 4.79 Å². The van der Waals surface area contributed by atoms with Gasteiger partial charge in [0.05, 0.1) is 13.2 Å². The maximum atomic E-state index is 12.5. The minimum absolute atomic E-state index is 0.0271. The Balaban J connectivity index is 1.83. The molecule has 1 aliphatic heterocycles. The van der Waals surface area contributed by atoms with E-state index in [1.807, 2.05) is 12.1 Å². The molecule has 2 aromatic rings. The van der Waals surface area contributed by atoms with E-state index in [1.165, 1.54) is 4.90 Å². The lowest BCUT2D eigenvalue weighted by molar-refractivity contribution is -0.158. The highest BCUT2D eigenvalue weighted by molar-refractivity contribution is 6.31. The Morgan fingerprint density at radius 1 is 1.36 bits per heavy atom. The average molecular weight is 323 g/mol. The van der Waals surface area contributed by atoms with Gasteiger partial charge >= 0.3 is 5.97 Å². The van der Waals surface area contributed by atoms with Crippen molar-refractivity contribution in [1.82, 2.24) is 9.47 Å². The van der Waals surface area contributed by atoms with Crippen molar-refractivity contribution in [2.45, 2.75) is 12.6 Å². The monoisotopic (exact) mass is 322 g/mol. The molecular formula is C15H15ClN2O4. The molecule has 1 saturated heterocycles. The Bertz CT molecular complexity index is 727. The first-order valence-corrected chi connectivity index (χ1v) is 7.28. The molecule has 0 aliphatic carbocycles. The van der Waals surface area contributed by atoms with Crippen LogP contribution in [0.15, 0.2) is 30.5 Å². The number of aliphatic carboxylic acids is 1. The molecular weight excluding hydrogens is 308 g/mol. The summed E-state index contributed by atoms with van der Waals surface area (Å²) in [5.74, 6) is -1.29. The maximum Gasteiger partial charge on any atom is 0.328 e. The lowest BCUT2D eigenvalue weighted by Gasteiger charge is -2.33. The van der Waals surface area contributed by atoms with Crippen molar-refractivity contribution in [3.8, 4) is 0 Å². The summed E-state index contributed by atoms with van der Waals surface area (Å²) < 4.78 is 6.92. The lowest BCUT2D eigenvalue weighted by atomic mass is 10.2. The van der Waals surface area contributed by atoms with E-state index in [4.69, 9.17) is 16.3 Å². The first-order valence-electron chi connectivity index (χ1n) is 6.90. The number of hydrogen-bond donors (Lipinski definition) is 1. The van der Waals surface area contributed by atoms with Crippen molar-refractivity contribution in [3.05, 3.63) is 35.5 Å². The van der Waals surface area contributed by atoms with E-state index in [2.05, 4.69) is 0 Å². The maximum absolute atomic E-state index is 12.5. The zero-order valence-corrected chi connectivity index (χ0v) is 12.5. The fraction of sp³-hybridized carbons (Fsp3) is 0.333. The van der Waals surface area contributed by atoms with Crippen LogP contribution >= 0.6 is 11.6 Å². The number of fused-ring (bicyclic) bond motifs is 1. The second-order valence-corrected chi connectivity index (χ2v) is 5.60. The summed E-state index contributed by atoms with van der Waals surface area (Å²) in [7, 11) is 0. The standard InChI is InChI=1S/C15H15ClN2O4/c16-11-2-1-10-3-4-17(12(10)7-11)8-14(19)18-5-6-22-9-13(18)15(20)21/h1-4,7,13H,5-6,8-9H2,(H,20,21)/t13-/m0/s1. The first kappa shape index (κ1) is 14.9. The number of carboxylic acids is 1. The second kappa shape index (κ2) is 5.98. The normalized spacial score (nSPS) is 18.6. The van der Waals surface area contributed by atoms with E-state index < -0.39 is 12.0 Å². The molecule has 1 aliphatic rings. The molecule has 2 heterocycles. The largest absolute Gasteiger partial charge is 0.480 e. The van der Waals surface area contributed by atoms with Crippen LogP contribution in [0.3, 0.4) is 0 Å². The molecule has 116 valence electrons. The number of amides is 1. The van der Waals surface area contributed by atoms with Gasteiger partial charge in [-0.1, -0.05) is 17.7 Å². The van der Waals surface area contributed by atoms with Gasteiger partial charge in [-0.25, -0.2) is 4.79 Å². The van der Waals surface area contributed by atoms with E-state index in [0.29, 0.717) is 11.6 Å². The topological polar surface area (TPSA) is 71.8 Å². The highest BCUT2D eigenvalue weighted by Crippen LogP contribution is 2.21. The molecule has 1 amide bonds. The molecule has 1 N–H and O–H groups in total. The summed E-state index contributed by atoms with van der Waals surface area (Å²) in [6.45, 7) is 0.747. The number of hydrogen-bond acceptors (Lipinski definition) is 3. The van der Waals surface area contributed by atoms with Crippen molar-refractivity contribution in [2.75, 3.05) is 19.8 Å². The smallest absolute Gasteiger partial charge is 0.328 e. The summed E-state index contributed by atoms with van der Waals surface area (Å²) in [5.41, 5.74) is 0.848. The van der Waals surface area contributed by atoms with Crippen molar-refractivity contribution >= 4 is 34.4 Å². The van der Waals surface area contributed by atoms with E-state index >= 15 is 0 Å². The fourth-order valence-electron chi connectivity index (χ4n) is 2.64. The van der Waals surface area contributed by atoms with Crippen LogP contribution in [0.25, 0.3) is 10.9 Å². The number of morpholine rings is 1. The molecule has 7 heteroatoms. The van der Waals surface area contributed by atoms with Crippen molar-refractivity contribution in [3.63, 3.8) is 0 Å². The SMILES string of the molecule is O=C(O)[C@@H]1COCCN1C(=O)Cn1ccc2ccc(Cl)cc21. The number of halogens is 1. The zero-order chi connectivity index (χ0) is 15.7. The van der Waals surface area contributed by atoms with Crippen LogP contribution in [0, 0.1) is 0 Å². The molecule has 0 saturated carbocycles. The number of carbonyl (C=O) groups excluding carboxylic acids is 1. The molecule has 22 heavy (non-hydrogen) atoms. The van der Waals surface area contributed by atoms with Crippen LogP contribution in [-0.4, -0.2) is 52.3 Å². The molecule has 1 fully saturated rings. The highest BCUT2D eigenvalue weighted by Gasteiger charge is 2.32. The van der Waals surface area contributed by atoms with Gasteiger partial charge in [-0.2, -0.15) is 0 Å². The predicted molar refractivity (Wildman–Crippen MR) is 80.9 cm³/mol. The molecule has 0 unspecified atom stereocenters. The molecule has 1 aromatic carbocycles. The summed E-state index contributed by atoms with van der Waals surface area (Å²) in [6, 6.07) is 6.43. The average Bonchev–Trinajstić information content (AvgIpc) is 2.89. The summed E-state index contributed by atoms with van der Waals surface area (Å²) in [6.07, 6.45) is 1.80. The van der Waals surface area contributed by atoms with E-state index in [9.17, 15) is 14.7 Å². The fourth-order valence-corrected chi connectivity index (χ4v) is 2.80. The van der Waals surface area contributed by atoms with Crippen LogP contribution < -0.4 is 0 Å². The third kappa shape index (κ3) is 2.80. The van der Waals surface area contributed by atoms with Gasteiger partial charge in [-0.05, 0) is 23.6 Å². The first-order chi connectivity index (χ1) is 10.6. The van der Waals surface area contributed by atoms with Crippen molar-refractivity contribution in [2.24, 2.45) is 0 Å². The molecule has 1 aromatic heterocycles. The second-order valence-electron chi connectivity index (χ2n) is 5.16. The highest BCUT2D eigenvalue weighted by atomic mass is 35.5. The van der Waals surface area contributed by atoms with Gasteiger partial charge in [0.25, 0.3) is 0 Å². The minimum atomic E-state index is -1.05. The number of nitrogens with zero attached hydrogens (tertiary/aromatic N) is 2. The summed E-state index contributed by atoms with van der Waals surface area (Å²) >= 11 is 5.99. The van der Waals surface area contributed by atoms with Gasteiger partial charge in [0, 0.05) is 23.3 Å². The van der Waals surface area contributed by atoms with Gasteiger partial charge < -0.3 is 19.3 Å². The zero-order valence-electron chi connectivity index (χ0n) is 11.7. The molecule has 1 atom stereocenters. The third-order valence-corrected chi connectivity index (χ3v) is 4.01. The number of benzene rings is 1. The molecule has 0 radical (unpaired) electrons. The number of aromatic nitrogens is 1. The van der Waals surface area contributed by atoms with Gasteiger partial charge in [-0.15, -0.1) is 0 Å². The Kier molecular flexibility index (Phi) is 4.04. The van der Waals surface area contributed by atoms with Crippen LogP contribution in [0.4, 0.5) is 0 Å².